The topological polar surface area (TPSA) is 50.4 Å². The van der Waals surface area contributed by atoms with E-state index in [4.69, 9.17) is 16.3 Å². The Balaban J connectivity index is 0.00000242. The number of rotatable bonds is 5. The van der Waals surface area contributed by atoms with Crippen LogP contribution in [0.2, 0.25) is 5.02 Å². The molecule has 1 heterocycles. The molecule has 1 aliphatic heterocycles. The van der Waals surface area contributed by atoms with E-state index in [9.17, 15) is 4.79 Å². The number of carbonyl (C=O) groups excluding carboxylic acids is 1. The van der Waals surface area contributed by atoms with Crippen LogP contribution in [-0.2, 0) is 4.79 Å². The van der Waals surface area contributed by atoms with Gasteiger partial charge in [0.15, 0.2) is 6.10 Å². The van der Waals surface area contributed by atoms with E-state index in [-0.39, 0.29) is 24.4 Å². The first kappa shape index (κ1) is 19.1. The van der Waals surface area contributed by atoms with Crippen molar-refractivity contribution in [2.45, 2.75) is 38.8 Å². The Hall–Kier alpha value is -0.970. The summed E-state index contributed by atoms with van der Waals surface area (Å²) >= 11 is 5.91. The number of hydrogen-bond donors (Lipinski definition) is 2. The summed E-state index contributed by atoms with van der Waals surface area (Å²) in [6, 6.07) is 7.23. The second kappa shape index (κ2) is 9.23. The molecule has 0 aliphatic carbocycles. The highest BCUT2D eigenvalue weighted by molar-refractivity contribution is 6.30. The average molecular weight is 347 g/mol. The molecular formula is C16H24Cl2N2O2. The summed E-state index contributed by atoms with van der Waals surface area (Å²) in [5, 5.41) is 7.01. The number of nitrogens with one attached hydrogen (secondary N) is 2. The van der Waals surface area contributed by atoms with Gasteiger partial charge in [-0.25, -0.2) is 0 Å². The molecule has 1 fully saturated rings. The minimum atomic E-state index is -0.539. The second-order valence-electron chi connectivity index (χ2n) is 5.62. The number of carbonyl (C=O) groups is 1. The van der Waals surface area contributed by atoms with Gasteiger partial charge in [-0.05, 0) is 63.9 Å². The van der Waals surface area contributed by atoms with Gasteiger partial charge in [0.05, 0.1) is 0 Å². The van der Waals surface area contributed by atoms with Crippen LogP contribution < -0.4 is 15.4 Å². The second-order valence-corrected chi connectivity index (χ2v) is 6.06. The predicted octanol–water partition coefficient (Wildman–Crippen LogP) is 3.03. The van der Waals surface area contributed by atoms with E-state index < -0.39 is 6.10 Å². The van der Waals surface area contributed by atoms with Crippen molar-refractivity contribution in [1.82, 2.24) is 10.6 Å². The quantitative estimate of drug-likeness (QED) is 0.861. The number of halogens is 2. The highest BCUT2D eigenvalue weighted by atomic mass is 35.5. The zero-order valence-electron chi connectivity index (χ0n) is 13.0. The fraction of sp³-hybridized carbons (Fsp3) is 0.562. The third kappa shape index (κ3) is 5.67. The Kier molecular flexibility index (Phi) is 8.01. The van der Waals surface area contributed by atoms with E-state index in [1.165, 1.54) is 6.42 Å². The molecule has 3 atom stereocenters. The SMILES string of the molecule is CC(Oc1cccc(Cl)c1)C(=O)NC(C)C1CCCNC1.Cl. The van der Waals surface area contributed by atoms with Crippen LogP contribution in [0.15, 0.2) is 24.3 Å². The number of piperidine rings is 1. The Morgan fingerprint density at radius 1 is 1.45 bits per heavy atom. The molecule has 1 aromatic carbocycles. The van der Waals surface area contributed by atoms with Crippen molar-refractivity contribution in [2.24, 2.45) is 5.92 Å². The van der Waals surface area contributed by atoms with Gasteiger partial charge in [0.25, 0.3) is 5.91 Å². The van der Waals surface area contributed by atoms with E-state index in [2.05, 4.69) is 17.6 Å². The van der Waals surface area contributed by atoms with E-state index >= 15 is 0 Å². The Bertz CT molecular complexity index is 479. The third-order valence-corrected chi connectivity index (χ3v) is 4.13. The molecule has 0 radical (unpaired) electrons. The number of ether oxygens (including phenoxy) is 1. The summed E-state index contributed by atoms with van der Waals surface area (Å²) in [5.74, 6) is 1.01. The van der Waals surface area contributed by atoms with Gasteiger partial charge in [0.2, 0.25) is 0 Å². The molecule has 22 heavy (non-hydrogen) atoms. The number of benzene rings is 1. The van der Waals surface area contributed by atoms with Crippen LogP contribution in [0, 0.1) is 5.92 Å². The minimum absolute atomic E-state index is 0. The van der Waals surface area contributed by atoms with Crippen molar-refractivity contribution in [2.75, 3.05) is 13.1 Å². The van der Waals surface area contributed by atoms with Crippen LogP contribution >= 0.6 is 24.0 Å². The number of amides is 1. The lowest BCUT2D eigenvalue weighted by atomic mass is 9.93. The summed E-state index contributed by atoms with van der Waals surface area (Å²) < 4.78 is 5.63. The molecule has 1 aliphatic rings. The lowest BCUT2D eigenvalue weighted by Gasteiger charge is -2.29. The fourth-order valence-electron chi connectivity index (χ4n) is 2.56. The maximum absolute atomic E-state index is 12.2. The van der Waals surface area contributed by atoms with E-state index in [0.29, 0.717) is 16.7 Å². The van der Waals surface area contributed by atoms with Crippen molar-refractivity contribution in [3.05, 3.63) is 29.3 Å². The van der Waals surface area contributed by atoms with Crippen LogP contribution in [0.25, 0.3) is 0 Å². The molecule has 1 amide bonds. The molecule has 4 nitrogen and oxygen atoms in total. The lowest BCUT2D eigenvalue weighted by molar-refractivity contribution is -0.128. The summed E-state index contributed by atoms with van der Waals surface area (Å²) in [6.07, 6.45) is 1.78. The summed E-state index contributed by atoms with van der Waals surface area (Å²) in [6.45, 7) is 5.85. The van der Waals surface area contributed by atoms with Gasteiger partial charge in [-0.2, -0.15) is 0 Å². The van der Waals surface area contributed by atoms with Gasteiger partial charge in [-0.1, -0.05) is 17.7 Å². The van der Waals surface area contributed by atoms with Crippen LogP contribution in [0.1, 0.15) is 26.7 Å². The monoisotopic (exact) mass is 346 g/mol. The first-order valence-corrected chi connectivity index (χ1v) is 7.87. The van der Waals surface area contributed by atoms with E-state index in [1.807, 2.05) is 0 Å². The van der Waals surface area contributed by atoms with Crippen molar-refractivity contribution in [1.29, 1.82) is 0 Å². The summed E-state index contributed by atoms with van der Waals surface area (Å²) in [5.41, 5.74) is 0. The average Bonchev–Trinajstić information content (AvgIpc) is 2.48. The first-order chi connectivity index (χ1) is 10.1. The molecular weight excluding hydrogens is 323 g/mol. The molecule has 0 spiro atoms. The Morgan fingerprint density at radius 2 is 2.23 bits per heavy atom. The largest absolute Gasteiger partial charge is 0.481 e. The molecule has 2 N–H and O–H groups in total. The Morgan fingerprint density at radius 3 is 2.86 bits per heavy atom. The molecule has 0 bridgehead atoms. The third-order valence-electron chi connectivity index (χ3n) is 3.89. The molecule has 0 saturated carbocycles. The maximum atomic E-state index is 12.2. The highest BCUT2D eigenvalue weighted by Crippen LogP contribution is 2.19. The molecule has 2 rings (SSSR count). The van der Waals surface area contributed by atoms with Gasteiger partial charge in [-0.3, -0.25) is 4.79 Å². The van der Waals surface area contributed by atoms with E-state index in [0.717, 1.165) is 19.5 Å². The van der Waals surface area contributed by atoms with Crippen LogP contribution in [0.4, 0.5) is 0 Å². The van der Waals surface area contributed by atoms with Gasteiger partial charge in [-0.15, -0.1) is 12.4 Å². The van der Waals surface area contributed by atoms with Crippen molar-refractivity contribution < 1.29 is 9.53 Å². The van der Waals surface area contributed by atoms with Crippen LogP contribution in [0.5, 0.6) is 5.75 Å². The molecule has 0 aromatic heterocycles. The van der Waals surface area contributed by atoms with Gasteiger partial charge < -0.3 is 15.4 Å². The summed E-state index contributed by atoms with van der Waals surface area (Å²) in [7, 11) is 0. The standard InChI is InChI=1S/C16H23ClN2O2.ClH/c1-11(13-5-4-8-18-10-13)19-16(20)12(2)21-15-7-3-6-14(17)9-15;/h3,6-7,9,11-13,18H,4-5,8,10H2,1-2H3,(H,19,20);1H. The van der Waals surface area contributed by atoms with E-state index in [1.54, 1.807) is 31.2 Å². The lowest BCUT2D eigenvalue weighted by Crippen LogP contribution is -2.48. The first-order valence-electron chi connectivity index (χ1n) is 7.49. The molecule has 124 valence electrons. The highest BCUT2D eigenvalue weighted by Gasteiger charge is 2.23. The van der Waals surface area contributed by atoms with Crippen LogP contribution in [0.3, 0.4) is 0 Å². The smallest absolute Gasteiger partial charge is 0.260 e. The van der Waals surface area contributed by atoms with Gasteiger partial charge >= 0.3 is 0 Å². The van der Waals surface area contributed by atoms with Crippen LogP contribution in [-0.4, -0.2) is 31.1 Å². The minimum Gasteiger partial charge on any atom is -0.481 e. The van der Waals surface area contributed by atoms with Gasteiger partial charge in [0, 0.05) is 11.1 Å². The molecule has 1 saturated heterocycles. The normalized spacial score (nSPS) is 20.4. The van der Waals surface area contributed by atoms with Crippen molar-refractivity contribution in [3.8, 4) is 5.75 Å². The predicted molar refractivity (Wildman–Crippen MR) is 92.0 cm³/mol. The zero-order valence-corrected chi connectivity index (χ0v) is 14.5. The summed E-state index contributed by atoms with van der Waals surface area (Å²) in [4.78, 5) is 12.2. The fourth-order valence-corrected chi connectivity index (χ4v) is 2.74. The Labute approximate surface area is 143 Å². The molecule has 6 heteroatoms. The van der Waals surface area contributed by atoms with Crippen molar-refractivity contribution in [3.63, 3.8) is 0 Å². The maximum Gasteiger partial charge on any atom is 0.260 e. The molecule has 3 unspecified atom stereocenters. The number of hydrogen-bond acceptors (Lipinski definition) is 3. The van der Waals surface area contributed by atoms with Gasteiger partial charge in [0.1, 0.15) is 5.75 Å². The molecule has 1 aromatic rings. The zero-order chi connectivity index (χ0) is 15.2. The van der Waals surface area contributed by atoms with Crippen molar-refractivity contribution >= 4 is 29.9 Å².